The predicted molar refractivity (Wildman–Crippen MR) is 58.8 cm³/mol. The molecule has 1 atom stereocenters. The lowest BCUT2D eigenvalue weighted by atomic mass is 9.85. The molecule has 0 amide bonds. The van der Waals surface area contributed by atoms with Gasteiger partial charge >= 0.3 is 0 Å². The third kappa shape index (κ3) is 1.45. The maximum Gasteiger partial charge on any atom is 0.0796 e. The van der Waals surface area contributed by atoms with Crippen molar-refractivity contribution in [3.05, 3.63) is 33.3 Å². The molecule has 1 N–H and O–H groups in total. The van der Waals surface area contributed by atoms with Crippen LogP contribution in [-0.4, -0.2) is 5.11 Å². The van der Waals surface area contributed by atoms with Crippen molar-refractivity contribution in [2.75, 3.05) is 0 Å². The fourth-order valence-electron chi connectivity index (χ4n) is 2.27. The molecule has 0 heterocycles. The Morgan fingerprint density at radius 3 is 2.86 bits per heavy atom. The summed E-state index contributed by atoms with van der Waals surface area (Å²) in [4.78, 5) is 0. The molecule has 1 aromatic carbocycles. The number of hydrogen-bond donors (Lipinski definition) is 1. The molecule has 0 fully saturated rings. The highest BCUT2D eigenvalue weighted by Crippen LogP contribution is 2.37. The van der Waals surface area contributed by atoms with E-state index in [9.17, 15) is 5.11 Å². The van der Waals surface area contributed by atoms with Crippen LogP contribution >= 0.6 is 11.6 Å². The first-order chi connectivity index (χ1) is 6.61. The van der Waals surface area contributed by atoms with E-state index in [2.05, 4.69) is 6.92 Å². The molecule has 0 unspecified atom stereocenters. The van der Waals surface area contributed by atoms with Gasteiger partial charge in [-0.25, -0.2) is 0 Å². The Kier molecular flexibility index (Phi) is 2.54. The average Bonchev–Trinajstić information content (AvgIpc) is 2.14. The minimum atomic E-state index is -0.309. The highest BCUT2D eigenvalue weighted by atomic mass is 35.5. The second-order valence-corrected chi connectivity index (χ2v) is 4.51. The normalized spacial score (nSPS) is 20.7. The van der Waals surface area contributed by atoms with Gasteiger partial charge in [-0.1, -0.05) is 11.6 Å². The van der Waals surface area contributed by atoms with Gasteiger partial charge in [0.05, 0.1) is 6.10 Å². The van der Waals surface area contributed by atoms with E-state index in [0.29, 0.717) is 0 Å². The molecule has 14 heavy (non-hydrogen) atoms. The van der Waals surface area contributed by atoms with Crippen molar-refractivity contribution in [3.8, 4) is 0 Å². The van der Waals surface area contributed by atoms with Crippen molar-refractivity contribution >= 4 is 11.6 Å². The van der Waals surface area contributed by atoms with E-state index in [-0.39, 0.29) is 6.10 Å². The first-order valence-corrected chi connectivity index (χ1v) is 5.45. The zero-order chi connectivity index (χ0) is 10.3. The molecule has 1 aromatic rings. The van der Waals surface area contributed by atoms with E-state index in [1.54, 1.807) is 0 Å². The van der Waals surface area contributed by atoms with Crippen LogP contribution in [0.3, 0.4) is 0 Å². The SMILES string of the molecule is Cc1cc(Cl)c2c(c1C)[C@H](O)CCC2. The lowest BCUT2D eigenvalue weighted by Crippen LogP contribution is -2.12. The molecular weight excluding hydrogens is 196 g/mol. The molecule has 76 valence electrons. The molecule has 1 aliphatic carbocycles. The molecule has 0 spiro atoms. The van der Waals surface area contributed by atoms with Gasteiger partial charge < -0.3 is 5.11 Å². The van der Waals surface area contributed by atoms with Gasteiger partial charge in [0.25, 0.3) is 0 Å². The molecule has 1 nitrogen and oxygen atoms in total. The van der Waals surface area contributed by atoms with Crippen molar-refractivity contribution in [1.29, 1.82) is 0 Å². The Balaban J connectivity index is 2.67. The minimum absolute atomic E-state index is 0.309. The van der Waals surface area contributed by atoms with Crippen LogP contribution < -0.4 is 0 Å². The molecular formula is C12H15ClO. The molecule has 0 saturated carbocycles. The Hall–Kier alpha value is -0.530. The number of halogens is 1. The van der Waals surface area contributed by atoms with E-state index in [1.165, 1.54) is 11.1 Å². The monoisotopic (exact) mass is 210 g/mol. The standard InChI is InChI=1S/C12H15ClO/c1-7-6-10(13)9-4-3-5-11(14)12(9)8(7)2/h6,11,14H,3-5H2,1-2H3/t11-/m1/s1. The molecule has 2 rings (SSSR count). The van der Waals surface area contributed by atoms with Crippen LogP contribution in [0.4, 0.5) is 0 Å². The zero-order valence-electron chi connectivity index (χ0n) is 8.60. The highest BCUT2D eigenvalue weighted by molar-refractivity contribution is 6.31. The zero-order valence-corrected chi connectivity index (χ0v) is 9.36. The molecule has 0 bridgehead atoms. The van der Waals surface area contributed by atoms with Gasteiger partial charge in [0.15, 0.2) is 0 Å². The molecule has 0 aliphatic heterocycles. The van der Waals surface area contributed by atoms with Crippen molar-refractivity contribution < 1.29 is 5.11 Å². The van der Waals surface area contributed by atoms with Crippen LogP contribution in [0.1, 0.15) is 41.2 Å². The summed E-state index contributed by atoms with van der Waals surface area (Å²) >= 11 is 6.17. The third-order valence-electron chi connectivity index (χ3n) is 3.19. The van der Waals surface area contributed by atoms with E-state index in [0.717, 1.165) is 35.4 Å². The number of hydrogen-bond acceptors (Lipinski definition) is 1. The number of aliphatic hydroxyl groups is 1. The number of aryl methyl sites for hydroxylation is 1. The summed E-state index contributed by atoms with van der Waals surface area (Å²) < 4.78 is 0. The Morgan fingerprint density at radius 2 is 2.14 bits per heavy atom. The summed E-state index contributed by atoms with van der Waals surface area (Å²) in [7, 11) is 0. The van der Waals surface area contributed by atoms with Crippen molar-refractivity contribution in [2.45, 2.75) is 39.2 Å². The summed E-state index contributed by atoms with van der Waals surface area (Å²) in [6.45, 7) is 4.11. The first kappa shape index (κ1) is 10.0. The summed E-state index contributed by atoms with van der Waals surface area (Å²) in [6, 6.07) is 2.01. The Labute approximate surface area is 89.7 Å². The minimum Gasteiger partial charge on any atom is -0.388 e. The van der Waals surface area contributed by atoms with Crippen LogP contribution in [0.25, 0.3) is 0 Å². The Bertz CT molecular complexity index is 371. The smallest absolute Gasteiger partial charge is 0.0796 e. The van der Waals surface area contributed by atoms with Crippen LogP contribution in [0.2, 0.25) is 5.02 Å². The topological polar surface area (TPSA) is 20.2 Å². The quantitative estimate of drug-likeness (QED) is 0.697. The summed E-state index contributed by atoms with van der Waals surface area (Å²) in [5.41, 5.74) is 4.63. The summed E-state index contributed by atoms with van der Waals surface area (Å²) in [6.07, 6.45) is 2.60. The number of rotatable bonds is 0. The van der Waals surface area contributed by atoms with Gasteiger partial charge in [0.2, 0.25) is 0 Å². The van der Waals surface area contributed by atoms with Gasteiger partial charge in [-0.2, -0.15) is 0 Å². The highest BCUT2D eigenvalue weighted by Gasteiger charge is 2.22. The molecule has 0 saturated heterocycles. The Morgan fingerprint density at radius 1 is 1.43 bits per heavy atom. The van der Waals surface area contributed by atoms with Gasteiger partial charge in [0.1, 0.15) is 0 Å². The molecule has 0 radical (unpaired) electrons. The second kappa shape index (κ2) is 3.56. The van der Waals surface area contributed by atoms with Crippen molar-refractivity contribution in [2.24, 2.45) is 0 Å². The molecule has 1 aliphatic rings. The van der Waals surface area contributed by atoms with Gasteiger partial charge in [-0.05, 0) is 61.4 Å². The second-order valence-electron chi connectivity index (χ2n) is 4.10. The summed E-state index contributed by atoms with van der Waals surface area (Å²) in [5, 5.41) is 10.8. The predicted octanol–water partition coefficient (Wildman–Crippen LogP) is 3.33. The fraction of sp³-hybridized carbons (Fsp3) is 0.500. The van der Waals surface area contributed by atoms with Crippen LogP contribution in [0, 0.1) is 13.8 Å². The lowest BCUT2D eigenvalue weighted by molar-refractivity contribution is 0.156. The van der Waals surface area contributed by atoms with Crippen molar-refractivity contribution in [3.63, 3.8) is 0 Å². The number of fused-ring (bicyclic) bond motifs is 1. The van der Waals surface area contributed by atoms with E-state index < -0.39 is 0 Å². The van der Waals surface area contributed by atoms with E-state index in [4.69, 9.17) is 11.6 Å². The van der Waals surface area contributed by atoms with E-state index >= 15 is 0 Å². The molecule has 0 aromatic heterocycles. The maximum atomic E-state index is 9.93. The van der Waals surface area contributed by atoms with Crippen LogP contribution in [0.15, 0.2) is 6.07 Å². The number of benzene rings is 1. The van der Waals surface area contributed by atoms with Crippen LogP contribution in [0.5, 0.6) is 0 Å². The fourth-order valence-corrected chi connectivity index (χ4v) is 2.63. The van der Waals surface area contributed by atoms with Gasteiger partial charge in [0, 0.05) is 5.02 Å². The third-order valence-corrected chi connectivity index (χ3v) is 3.53. The van der Waals surface area contributed by atoms with E-state index in [1.807, 2.05) is 13.0 Å². The molecule has 2 heteroatoms. The van der Waals surface area contributed by atoms with Gasteiger partial charge in [-0.3, -0.25) is 0 Å². The summed E-state index contributed by atoms with van der Waals surface area (Å²) in [5.74, 6) is 0. The average molecular weight is 211 g/mol. The lowest BCUT2D eigenvalue weighted by Gasteiger charge is -2.25. The van der Waals surface area contributed by atoms with Crippen LogP contribution in [-0.2, 0) is 6.42 Å². The van der Waals surface area contributed by atoms with Gasteiger partial charge in [-0.15, -0.1) is 0 Å². The first-order valence-electron chi connectivity index (χ1n) is 5.08. The largest absolute Gasteiger partial charge is 0.388 e. The maximum absolute atomic E-state index is 9.93. The number of aliphatic hydroxyl groups excluding tert-OH is 1. The van der Waals surface area contributed by atoms with Crippen molar-refractivity contribution in [1.82, 2.24) is 0 Å².